The molecule has 18 heavy (non-hydrogen) atoms. The molecule has 0 unspecified atom stereocenters. The number of carbonyl (C=O) groups is 1. The molecule has 2 rings (SSSR count). The lowest BCUT2D eigenvalue weighted by Gasteiger charge is -2.06. The van der Waals surface area contributed by atoms with Crippen LogP contribution in [0.2, 0.25) is 10.0 Å². The van der Waals surface area contributed by atoms with Gasteiger partial charge in [0.05, 0.1) is 0 Å². The fraction of sp³-hybridized carbons (Fsp3) is 0.0714. The van der Waals surface area contributed by atoms with E-state index < -0.39 is 5.97 Å². The monoisotopic (exact) mass is 279 g/mol. The van der Waals surface area contributed by atoms with Gasteiger partial charge in [-0.25, -0.2) is 0 Å². The average molecular weight is 280 g/mol. The largest absolute Gasteiger partial charge is 0.550 e. The summed E-state index contributed by atoms with van der Waals surface area (Å²) >= 11 is 11.9. The molecule has 0 spiro atoms. The van der Waals surface area contributed by atoms with Crippen LogP contribution in [0.15, 0.2) is 42.5 Å². The van der Waals surface area contributed by atoms with Crippen LogP contribution in [0.25, 0.3) is 11.1 Å². The van der Waals surface area contributed by atoms with E-state index >= 15 is 0 Å². The molecule has 0 radical (unpaired) electrons. The minimum atomic E-state index is -1.09. The first-order valence-electron chi connectivity index (χ1n) is 5.30. The number of carboxylic acids is 1. The topological polar surface area (TPSA) is 40.1 Å². The molecular weight excluding hydrogens is 271 g/mol. The standard InChI is InChI=1S/C14H10Cl2O2/c15-12-6-11(7-13(16)8-12)10-3-1-9(2-4-10)5-14(17)18/h1-4,6-8H,5H2,(H,17,18)/p-1. The molecule has 2 aromatic rings. The lowest BCUT2D eigenvalue weighted by molar-refractivity contribution is -0.304. The van der Waals surface area contributed by atoms with Crippen molar-refractivity contribution in [3.8, 4) is 11.1 Å². The number of rotatable bonds is 3. The first-order valence-corrected chi connectivity index (χ1v) is 6.05. The van der Waals surface area contributed by atoms with Gasteiger partial charge in [-0.15, -0.1) is 0 Å². The summed E-state index contributed by atoms with van der Waals surface area (Å²) in [6, 6.07) is 12.4. The van der Waals surface area contributed by atoms with Crippen molar-refractivity contribution in [3.05, 3.63) is 58.1 Å². The zero-order valence-electron chi connectivity index (χ0n) is 9.32. The molecule has 0 bridgehead atoms. The first-order chi connectivity index (χ1) is 8.54. The molecule has 0 aliphatic heterocycles. The summed E-state index contributed by atoms with van der Waals surface area (Å²) in [4.78, 5) is 10.5. The minimum Gasteiger partial charge on any atom is -0.550 e. The molecule has 0 aromatic heterocycles. The molecule has 0 aliphatic rings. The number of halogens is 2. The maximum absolute atomic E-state index is 10.5. The van der Waals surface area contributed by atoms with Gasteiger partial charge in [0.2, 0.25) is 0 Å². The Morgan fingerprint density at radius 3 is 2.00 bits per heavy atom. The van der Waals surface area contributed by atoms with E-state index in [1.807, 2.05) is 12.1 Å². The van der Waals surface area contributed by atoms with Gasteiger partial charge in [0.1, 0.15) is 0 Å². The highest BCUT2D eigenvalue weighted by Crippen LogP contribution is 2.27. The number of benzene rings is 2. The highest BCUT2D eigenvalue weighted by Gasteiger charge is 2.02. The smallest absolute Gasteiger partial charge is 0.0458 e. The fourth-order valence-corrected chi connectivity index (χ4v) is 2.23. The van der Waals surface area contributed by atoms with E-state index in [2.05, 4.69) is 0 Å². The van der Waals surface area contributed by atoms with Crippen molar-refractivity contribution >= 4 is 29.2 Å². The average Bonchev–Trinajstić information content (AvgIpc) is 2.27. The van der Waals surface area contributed by atoms with E-state index in [0.29, 0.717) is 15.6 Å². The molecule has 0 saturated carbocycles. The first kappa shape index (κ1) is 12.9. The summed E-state index contributed by atoms with van der Waals surface area (Å²) < 4.78 is 0. The van der Waals surface area contributed by atoms with Crippen molar-refractivity contribution < 1.29 is 9.90 Å². The molecule has 2 nitrogen and oxygen atoms in total. The lowest BCUT2D eigenvalue weighted by Crippen LogP contribution is -2.24. The third-order valence-corrected chi connectivity index (χ3v) is 2.93. The molecule has 0 atom stereocenters. The Bertz CT molecular complexity index is 557. The molecule has 0 heterocycles. The van der Waals surface area contributed by atoms with Gasteiger partial charge in [0, 0.05) is 22.4 Å². The molecule has 0 fully saturated rings. The molecular formula is C14H9Cl2O2-. The van der Waals surface area contributed by atoms with E-state index in [1.165, 1.54) is 0 Å². The summed E-state index contributed by atoms with van der Waals surface area (Å²) in [6.07, 6.45) is -0.0867. The van der Waals surface area contributed by atoms with Crippen LogP contribution >= 0.6 is 23.2 Å². The molecule has 0 aliphatic carbocycles. The van der Waals surface area contributed by atoms with Crippen LogP contribution in [-0.2, 0) is 11.2 Å². The van der Waals surface area contributed by atoms with Crippen LogP contribution in [0.5, 0.6) is 0 Å². The van der Waals surface area contributed by atoms with Gasteiger partial charge in [0.25, 0.3) is 0 Å². The van der Waals surface area contributed by atoms with Crippen LogP contribution < -0.4 is 5.11 Å². The number of carboxylic acid groups (broad SMARTS) is 1. The Morgan fingerprint density at radius 2 is 1.50 bits per heavy atom. The van der Waals surface area contributed by atoms with E-state index in [0.717, 1.165) is 11.1 Å². The maximum Gasteiger partial charge on any atom is 0.0458 e. The summed E-state index contributed by atoms with van der Waals surface area (Å²) in [7, 11) is 0. The maximum atomic E-state index is 10.5. The zero-order valence-corrected chi connectivity index (χ0v) is 10.8. The molecule has 0 N–H and O–H groups in total. The van der Waals surface area contributed by atoms with E-state index in [-0.39, 0.29) is 6.42 Å². The number of hydrogen-bond acceptors (Lipinski definition) is 2. The third-order valence-electron chi connectivity index (χ3n) is 2.50. The van der Waals surface area contributed by atoms with Gasteiger partial charge >= 0.3 is 0 Å². The fourth-order valence-electron chi connectivity index (χ4n) is 1.70. The number of aliphatic carboxylic acids is 1. The summed E-state index contributed by atoms with van der Waals surface area (Å²) in [5.41, 5.74) is 2.53. The van der Waals surface area contributed by atoms with Crippen LogP contribution in [0, 0.1) is 0 Å². The molecule has 92 valence electrons. The Morgan fingerprint density at radius 1 is 0.944 bits per heavy atom. The molecule has 0 amide bonds. The predicted molar refractivity (Wildman–Crippen MR) is 70.6 cm³/mol. The Labute approximate surface area is 115 Å². The predicted octanol–water partition coefficient (Wildman–Crippen LogP) is 2.95. The van der Waals surface area contributed by atoms with Gasteiger partial charge in [-0.2, -0.15) is 0 Å². The van der Waals surface area contributed by atoms with Crippen molar-refractivity contribution in [2.24, 2.45) is 0 Å². The van der Waals surface area contributed by atoms with Crippen molar-refractivity contribution in [1.82, 2.24) is 0 Å². The van der Waals surface area contributed by atoms with Crippen LogP contribution in [-0.4, -0.2) is 5.97 Å². The number of carbonyl (C=O) groups excluding carboxylic acids is 1. The summed E-state index contributed by atoms with van der Waals surface area (Å²) in [5.74, 6) is -1.09. The van der Waals surface area contributed by atoms with Gasteiger partial charge in [-0.3, -0.25) is 0 Å². The van der Waals surface area contributed by atoms with E-state index in [1.54, 1.807) is 30.3 Å². The normalized spacial score (nSPS) is 10.3. The second kappa shape index (κ2) is 5.42. The highest BCUT2D eigenvalue weighted by molar-refractivity contribution is 6.35. The zero-order chi connectivity index (χ0) is 13.1. The number of hydrogen-bond donors (Lipinski definition) is 0. The molecule has 4 heteroatoms. The quantitative estimate of drug-likeness (QED) is 0.867. The van der Waals surface area contributed by atoms with Crippen molar-refractivity contribution in [2.75, 3.05) is 0 Å². The van der Waals surface area contributed by atoms with E-state index in [4.69, 9.17) is 23.2 Å². The van der Waals surface area contributed by atoms with Crippen LogP contribution in [0.3, 0.4) is 0 Å². The summed E-state index contributed by atoms with van der Waals surface area (Å²) in [5, 5.41) is 11.6. The van der Waals surface area contributed by atoms with Crippen LogP contribution in [0.4, 0.5) is 0 Å². The highest BCUT2D eigenvalue weighted by atomic mass is 35.5. The second-order valence-electron chi connectivity index (χ2n) is 3.90. The van der Waals surface area contributed by atoms with Gasteiger partial charge in [0.15, 0.2) is 0 Å². The lowest BCUT2D eigenvalue weighted by atomic mass is 10.0. The van der Waals surface area contributed by atoms with Crippen molar-refractivity contribution in [3.63, 3.8) is 0 Å². The Hall–Kier alpha value is -1.51. The van der Waals surface area contributed by atoms with Crippen molar-refractivity contribution in [1.29, 1.82) is 0 Å². The van der Waals surface area contributed by atoms with Crippen LogP contribution in [0.1, 0.15) is 5.56 Å². The SMILES string of the molecule is O=C([O-])Cc1ccc(-c2cc(Cl)cc(Cl)c2)cc1. The van der Waals surface area contributed by atoms with Gasteiger partial charge in [-0.05, 0) is 34.9 Å². The Kier molecular flexibility index (Phi) is 3.90. The molecule has 0 saturated heterocycles. The Balaban J connectivity index is 2.31. The summed E-state index contributed by atoms with van der Waals surface area (Å²) in [6.45, 7) is 0. The van der Waals surface area contributed by atoms with Crippen molar-refractivity contribution in [2.45, 2.75) is 6.42 Å². The van der Waals surface area contributed by atoms with E-state index in [9.17, 15) is 9.90 Å². The second-order valence-corrected chi connectivity index (χ2v) is 4.78. The minimum absolute atomic E-state index is 0.0867. The van der Waals surface area contributed by atoms with Gasteiger partial charge < -0.3 is 9.90 Å². The van der Waals surface area contributed by atoms with Gasteiger partial charge in [-0.1, -0.05) is 47.5 Å². The third kappa shape index (κ3) is 3.25. The molecule has 2 aromatic carbocycles.